The van der Waals surface area contributed by atoms with Crippen LogP contribution < -0.4 is 10.6 Å². The lowest BCUT2D eigenvalue weighted by Crippen LogP contribution is -2.37. The molecule has 1 aliphatic heterocycles. The molecule has 0 unspecified atom stereocenters. The summed E-state index contributed by atoms with van der Waals surface area (Å²) in [6, 6.07) is 4.07. The third-order valence-electron chi connectivity index (χ3n) is 3.81. The Kier molecular flexibility index (Phi) is 6.56. The highest BCUT2D eigenvalue weighted by Gasteiger charge is 2.11. The second-order valence-electron chi connectivity index (χ2n) is 5.83. The first-order chi connectivity index (χ1) is 12.7. The molecule has 3 aromatic heterocycles. The standard InChI is InChI=1S/C14H12N4S2.C4H10N2/c1-8-4-5-10(9(2)16-8)13-17-11(6-19-13)12-7-20-14(15-3)18-12;1-2-5-4-6-3-1/h4-7H,3H2,1-2H3;5-6H,1-4H2. The molecule has 1 aliphatic rings. The molecule has 4 heterocycles. The number of rotatable bonds is 3. The summed E-state index contributed by atoms with van der Waals surface area (Å²) in [5.74, 6) is 0. The summed E-state index contributed by atoms with van der Waals surface area (Å²) in [5.41, 5.74) is 4.81. The van der Waals surface area contributed by atoms with E-state index in [1.807, 2.05) is 30.7 Å². The van der Waals surface area contributed by atoms with E-state index in [2.05, 4.69) is 43.4 Å². The summed E-state index contributed by atoms with van der Waals surface area (Å²) >= 11 is 3.07. The van der Waals surface area contributed by atoms with E-state index < -0.39 is 0 Å². The van der Waals surface area contributed by atoms with E-state index >= 15 is 0 Å². The zero-order chi connectivity index (χ0) is 18.4. The summed E-state index contributed by atoms with van der Waals surface area (Å²) < 4.78 is 0. The minimum Gasteiger partial charge on any atom is -0.304 e. The minimum atomic E-state index is 0.669. The van der Waals surface area contributed by atoms with Crippen molar-refractivity contribution < 1.29 is 0 Å². The normalized spacial score (nSPS) is 13.8. The molecule has 0 radical (unpaired) electrons. The van der Waals surface area contributed by atoms with Crippen LogP contribution in [0.2, 0.25) is 0 Å². The second kappa shape index (κ2) is 9.09. The van der Waals surface area contributed by atoms with Crippen molar-refractivity contribution >= 4 is 34.5 Å². The number of aryl methyl sites for hydroxylation is 2. The smallest absolute Gasteiger partial charge is 0.209 e. The monoisotopic (exact) mass is 386 g/mol. The van der Waals surface area contributed by atoms with Crippen LogP contribution in [0.15, 0.2) is 27.9 Å². The van der Waals surface area contributed by atoms with Crippen LogP contribution in [0.1, 0.15) is 17.8 Å². The fraction of sp³-hybridized carbons (Fsp3) is 0.333. The Hall–Kier alpha value is -2.00. The molecule has 6 nitrogen and oxygen atoms in total. The molecule has 8 heteroatoms. The van der Waals surface area contributed by atoms with Crippen molar-refractivity contribution in [2.24, 2.45) is 4.99 Å². The largest absolute Gasteiger partial charge is 0.304 e. The number of pyridine rings is 1. The van der Waals surface area contributed by atoms with Crippen LogP contribution in [0.5, 0.6) is 0 Å². The third-order valence-corrected chi connectivity index (χ3v) is 5.45. The van der Waals surface area contributed by atoms with Crippen molar-refractivity contribution in [2.45, 2.75) is 20.3 Å². The SMILES string of the molecule is C1CNCNC1.C=Nc1nc(-c2csc(-c3ccc(C)nc3C)n2)cs1. The van der Waals surface area contributed by atoms with Crippen LogP contribution in [0.25, 0.3) is 22.0 Å². The van der Waals surface area contributed by atoms with Crippen molar-refractivity contribution in [3.8, 4) is 22.0 Å². The van der Waals surface area contributed by atoms with E-state index in [-0.39, 0.29) is 0 Å². The zero-order valence-electron chi connectivity index (χ0n) is 15.0. The number of hydrogen-bond donors (Lipinski definition) is 2. The number of aromatic nitrogens is 3. The van der Waals surface area contributed by atoms with Crippen LogP contribution in [0.4, 0.5) is 5.13 Å². The highest BCUT2D eigenvalue weighted by atomic mass is 32.1. The average molecular weight is 387 g/mol. The van der Waals surface area contributed by atoms with Crippen LogP contribution in [-0.2, 0) is 0 Å². The summed E-state index contributed by atoms with van der Waals surface area (Å²) in [6.07, 6.45) is 1.28. The number of thiazole rings is 2. The van der Waals surface area contributed by atoms with Crippen molar-refractivity contribution in [3.63, 3.8) is 0 Å². The third kappa shape index (κ3) is 4.79. The molecular weight excluding hydrogens is 364 g/mol. The van der Waals surface area contributed by atoms with Gasteiger partial charge in [0.2, 0.25) is 5.13 Å². The van der Waals surface area contributed by atoms with Gasteiger partial charge in [-0.3, -0.25) is 4.98 Å². The van der Waals surface area contributed by atoms with E-state index in [9.17, 15) is 0 Å². The Labute approximate surface area is 161 Å². The van der Waals surface area contributed by atoms with Crippen LogP contribution in [0, 0.1) is 13.8 Å². The Bertz CT molecular complexity index is 855. The van der Waals surface area contributed by atoms with Crippen LogP contribution >= 0.6 is 22.7 Å². The van der Waals surface area contributed by atoms with Gasteiger partial charge in [0.15, 0.2) is 0 Å². The van der Waals surface area contributed by atoms with E-state index in [0.29, 0.717) is 5.13 Å². The maximum atomic E-state index is 4.65. The number of aliphatic imine (C=N–C) groups is 1. The molecule has 26 heavy (non-hydrogen) atoms. The Morgan fingerprint density at radius 3 is 2.31 bits per heavy atom. The van der Waals surface area contributed by atoms with E-state index in [1.54, 1.807) is 11.3 Å². The maximum Gasteiger partial charge on any atom is 0.209 e. The summed E-state index contributed by atoms with van der Waals surface area (Å²) in [4.78, 5) is 17.3. The molecule has 0 atom stereocenters. The molecule has 4 rings (SSSR count). The van der Waals surface area contributed by atoms with Crippen LogP contribution in [0.3, 0.4) is 0 Å². The Morgan fingerprint density at radius 1 is 1.00 bits per heavy atom. The summed E-state index contributed by atoms with van der Waals surface area (Å²) in [7, 11) is 0. The zero-order valence-corrected chi connectivity index (χ0v) is 16.6. The van der Waals surface area contributed by atoms with Crippen molar-refractivity contribution in [3.05, 3.63) is 34.3 Å². The summed E-state index contributed by atoms with van der Waals surface area (Å²) in [5, 5.41) is 11.9. The average Bonchev–Trinajstić information content (AvgIpc) is 3.33. The molecule has 3 aromatic rings. The van der Waals surface area contributed by atoms with Crippen molar-refractivity contribution in [1.82, 2.24) is 25.6 Å². The Balaban J connectivity index is 0.000000278. The lowest BCUT2D eigenvalue weighted by molar-refractivity contribution is 0.496. The quantitative estimate of drug-likeness (QED) is 0.670. The first kappa shape index (κ1) is 18.8. The fourth-order valence-electron chi connectivity index (χ4n) is 2.49. The lowest BCUT2D eigenvalue weighted by atomic mass is 10.2. The predicted octanol–water partition coefficient (Wildman–Crippen LogP) is 3.80. The van der Waals surface area contributed by atoms with Crippen molar-refractivity contribution in [2.75, 3.05) is 19.8 Å². The molecule has 2 N–H and O–H groups in total. The van der Waals surface area contributed by atoms with Gasteiger partial charge in [-0.2, -0.15) is 0 Å². The van der Waals surface area contributed by atoms with Gasteiger partial charge in [-0.25, -0.2) is 15.0 Å². The van der Waals surface area contributed by atoms with Crippen molar-refractivity contribution in [1.29, 1.82) is 0 Å². The van der Waals surface area contributed by atoms with Gasteiger partial charge in [0.25, 0.3) is 0 Å². The predicted molar refractivity (Wildman–Crippen MR) is 111 cm³/mol. The summed E-state index contributed by atoms with van der Waals surface area (Å²) in [6.45, 7) is 10.9. The van der Waals surface area contributed by atoms with E-state index in [1.165, 1.54) is 30.8 Å². The molecule has 0 bridgehead atoms. The molecule has 1 saturated heterocycles. The molecule has 1 fully saturated rings. The molecule has 0 spiro atoms. The van der Waals surface area contributed by atoms with Gasteiger partial charge in [0.05, 0.1) is 0 Å². The molecule has 0 aromatic carbocycles. The van der Waals surface area contributed by atoms with Gasteiger partial charge in [-0.1, -0.05) is 0 Å². The second-order valence-corrected chi connectivity index (χ2v) is 7.52. The van der Waals surface area contributed by atoms with Crippen LogP contribution in [-0.4, -0.2) is 41.4 Å². The van der Waals surface area contributed by atoms with Gasteiger partial charge >= 0.3 is 0 Å². The lowest BCUT2D eigenvalue weighted by Gasteiger charge is -2.11. The highest BCUT2D eigenvalue weighted by molar-refractivity contribution is 7.14. The fourth-order valence-corrected chi connectivity index (χ4v) is 3.99. The minimum absolute atomic E-state index is 0.669. The first-order valence-electron chi connectivity index (χ1n) is 8.41. The van der Waals surface area contributed by atoms with E-state index in [4.69, 9.17) is 0 Å². The van der Waals surface area contributed by atoms with Gasteiger partial charge in [-0.05, 0) is 52.2 Å². The van der Waals surface area contributed by atoms with Gasteiger partial charge in [0.1, 0.15) is 16.4 Å². The molecular formula is C18H22N6S2. The molecule has 0 saturated carbocycles. The molecule has 0 amide bonds. The first-order valence-corrected chi connectivity index (χ1v) is 10.2. The Morgan fingerprint density at radius 2 is 1.73 bits per heavy atom. The highest BCUT2D eigenvalue weighted by Crippen LogP contribution is 2.32. The number of nitrogens with zero attached hydrogens (tertiary/aromatic N) is 4. The maximum absolute atomic E-state index is 4.65. The topological polar surface area (TPSA) is 75.1 Å². The van der Waals surface area contributed by atoms with Gasteiger partial charge in [0, 0.05) is 34.4 Å². The molecule has 136 valence electrons. The molecule has 0 aliphatic carbocycles. The van der Waals surface area contributed by atoms with Gasteiger partial charge in [-0.15, -0.1) is 22.7 Å². The van der Waals surface area contributed by atoms with Gasteiger partial charge < -0.3 is 10.6 Å². The number of nitrogens with one attached hydrogen (secondary N) is 2. The number of hydrogen-bond acceptors (Lipinski definition) is 8. The van der Waals surface area contributed by atoms with E-state index in [0.717, 1.165) is 40.0 Å².